The molecule has 4 rings (SSSR count). The summed E-state index contributed by atoms with van der Waals surface area (Å²) in [5.41, 5.74) is -1.65. The number of esters is 2. The molecular weight excluding hydrogens is 460 g/mol. The van der Waals surface area contributed by atoms with Gasteiger partial charge in [-0.05, 0) is 55.6 Å². The van der Waals surface area contributed by atoms with E-state index in [9.17, 15) is 24.3 Å². The van der Waals surface area contributed by atoms with Gasteiger partial charge in [0, 0.05) is 23.2 Å². The number of aliphatic hydroxyl groups excluding tert-OH is 1. The Morgan fingerprint density at radius 2 is 1.92 bits per heavy atom. The van der Waals surface area contributed by atoms with E-state index in [1.54, 1.807) is 32.9 Å². The lowest BCUT2D eigenvalue weighted by Crippen LogP contribution is -2.63. The molecular formula is C29H40O7. The molecule has 1 N–H and O–H groups in total. The molecule has 0 aromatic heterocycles. The smallest absolute Gasteiger partial charge is 0.309 e. The molecule has 3 saturated carbocycles. The Labute approximate surface area is 213 Å². The minimum atomic E-state index is -1.46. The number of allylic oxidation sites excluding steroid dienone is 4. The highest BCUT2D eigenvalue weighted by Crippen LogP contribution is 2.68. The molecule has 0 aromatic carbocycles. The third-order valence-corrected chi connectivity index (χ3v) is 9.79. The largest absolute Gasteiger partial charge is 0.457 e. The summed E-state index contributed by atoms with van der Waals surface area (Å²) < 4.78 is 11.3. The molecule has 36 heavy (non-hydrogen) atoms. The highest BCUT2D eigenvalue weighted by Gasteiger charge is 2.70. The Balaban J connectivity index is 1.75. The predicted octanol–water partition coefficient (Wildman–Crippen LogP) is 3.97. The van der Waals surface area contributed by atoms with Crippen molar-refractivity contribution in [3.05, 3.63) is 23.8 Å². The summed E-state index contributed by atoms with van der Waals surface area (Å²) in [5, 5.41) is 11.7. The zero-order valence-electron chi connectivity index (χ0n) is 22.3. The molecule has 4 aliphatic carbocycles. The molecule has 0 amide bonds. The van der Waals surface area contributed by atoms with Crippen LogP contribution < -0.4 is 0 Å². The van der Waals surface area contributed by atoms with Crippen LogP contribution in [0.25, 0.3) is 0 Å². The second-order valence-electron chi connectivity index (χ2n) is 12.1. The number of carbonyl (C=O) groups is 4. The molecule has 0 heterocycles. The lowest BCUT2D eigenvalue weighted by atomic mass is 9.44. The van der Waals surface area contributed by atoms with Gasteiger partial charge in [0.1, 0.15) is 0 Å². The van der Waals surface area contributed by atoms with Crippen LogP contribution in [0.1, 0.15) is 73.6 Å². The van der Waals surface area contributed by atoms with Crippen molar-refractivity contribution >= 4 is 23.5 Å². The van der Waals surface area contributed by atoms with E-state index in [1.165, 1.54) is 0 Å². The lowest BCUT2D eigenvalue weighted by Gasteiger charge is -2.61. The van der Waals surface area contributed by atoms with E-state index in [0.29, 0.717) is 12.8 Å². The summed E-state index contributed by atoms with van der Waals surface area (Å²) in [4.78, 5) is 50.7. The molecule has 7 heteroatoms. The van der Waals surface area contributed by atoms with Crippen LogP contribution in [0, 0.1) is 40.4 Å². The first kappa shape index (κ1) is 26.8. The number of ether oxygens (including phenoxy) is 2. The van der Waals surface area contributed by atoms with Crippen molar-refractivity contribution in [2.45, 2.75) is 85.4 Å². The molecule has 8 atom stereocenters. The van der Waals surface area contributed by atoms with Gasteiger partial charge in [0.25, 0.3) is 0 Å². The van der Waals surface area contributed by atoms with Crippen molar-refractivity contribution in [1.82, 2.24) is 0 Å². The second kappa shape index (κ2) is 9.23. The number of fused-ring (bicyclic) bond motifs is 5. The van der Waals surface area contributed by atoms with Crippen LogP contribution in [-0.2, 0) is 28.7 Å². The van der Waals surface area contributed by atoms with Crippen molar-refractivity contribution in [1.29, 1.82) is 0 Å². The van der Waals surface area contributed by atoms with Crippen molar-refractivity contribution in [3.8, 4) is 0 Å². The molecule has 0 aromatic rings. The van der Waals surface area contributed by atoms with E-state index in [0.717, 1.165) is 12.0 Å². The number of carbonyl (C=O) groups excluding carboxylic acids is 4. The predicted molar refractivity (Wildman–Crippen MR) is 132 cm³/mol. The van der Waals surface area contributed by atoms with Gasteiger partial charge >= 0.3 is 11.9 Å². The quantitative estimate of drug-likeness (QED) is 0.550. The number of aliphatic hydroxyl groups is 1. The summed E-state index contributed by atoms with van der Waals surface area (Å²) in [6, 6.07) is 0. The van der Waals surface area contributed by atoms with E-state index in [2.05, 4.69) is 13.8 Å². The Morgan fingerprint density at radius 3 is 2.56 bits per heavy atom. The summed E-state index contributed by atoms with van der Waals surface area (Å²) in [6.07, 6.45) is 6.79. The van der Waals surface area contributed by atoms with E-state index in [1.807, 2.05) is 13.0 Å². The summed E-state index contributed by atoms with van der Waals surface area (Å²) in [5.74, 6) is -1.65. The maximum atomic E-state index is 13.8. The Bertz CT molecular complexity index is 1020. The van der Waals surface area contributed by atoms with Gasteiger partial charge in [0.2, 0.25) is 5.78 Å². The average molecular weight is 501 g/mol. The van der Waals surface area contributed by atoms with E-state index < -0.39 is 52.8 Å². The highest BCUT2D eigenvalue weighted by atomic mass is 16.6. The van der Waals surface area contributed by atoms with Gasteiger partial charge in [0.05, 0.1) is 12.0 Å². The van der Waals surface area contributed by atoms with Crippen LogP contribution in [0.2, 0.25) is 0 Å². The molecule has 2 unspecified atom stereocenters. The van der Waals surface area contributed by atoms with Gasteiger partial charge in [0.15, 0.2) is 18.0 Å². The second-order valence-corrected chi connectivity index (χ2v) is 12.1. The molecule has 3 fully saturated rings. The first-order valence-electron chi connectivity index (χ1n) is 13.4. The van der Waals surface area contributed by atoms with Crippen LogP contribution in [0.5, 0.6) is 0 Å². The van der Waals surface area contributed by atoms with Crippen molar-refractivity contribution in [2.24, 2.45) is 40.4 Å². The minimum absolute atomic E-state index is 0.0179. The van der Waals surface area contributed by atoms with E-state index in [4.69, 9.17) is 9.47 Å². The van der Waals surface area contributed by atoms with Crippen LogP contribution in [0.15, 0.2) is 23.8 Å². The van der Waals surface area contributed by atoms with Gasteiger partial charge in [-0.25, -0.2) is 0 Å². The maximum Gasteiger partial charge on any atom is 0.309 e. The van der Waals surface area contributed by atoms with Crippen LogP contribution >= 0.6 is 0 Å². The van der Waals surface area contributed by atoms with E-state index >= 15 is 0 Å². The van der Waals surface area contributed by atoms with Crippen LogP contribution in [0.3, 0.4) is 0 Å². The monoisotopic (exact) mass is 500 g/mol. The zero-order chi connectivity index (χ0) is 26.6. The topological polar surface area (TPSA) is 107 Å². The Kier molecular flexibility index (Phi) is 6.87. The van der Waals surface area contributed by atoms with Crippen molar-refractivity contribution in [2.75, 3.05) is 6.61 Å². The number of rotatable bonds is 6. The molecule has 7 nitrogen and oxygen atoms in total. The van der Waals surface area contributed by atoms with Gasteiger partial charge < -0.3 is 14.6 Å². The first-order chi connectivity index (χ1) is 16.8. The third-order valence-electron chi connectivity index (χ3n) is 9.79. The van der Waals surface area contributed by atoms with E-state index in [-0.39, 0.29) is 42.3 Å². The molecule has 0 bridgehead atoms. The summed E-state index contributed by atoms with van der Waals surface area (Å²) in [7, 11) is 0. The normalized spacial score (nSPS) is 41.2. The van der Waals surface area contributed by atoms with Gasteiger partial charge in [-0.3, -0.25) is 19.2 Å². The Morgan fingerprint density at radius 1 is 1.22 bits per heavy atom. The fraction of sp³-hybridized carbons (Fsp3) is 0.724. The number of hydrogen-bond acceptors (Lipinski definition) is 7. The third kappa shape index (κ3) is 3.89. The zero-order valence-corrected chi connectivity index (χ0v) is 22.3. The van der Waals surface area contributed by atoms with Crippen molar-refractivity contribution in [3.63, 3.8) is 0 Å². The fourth-order valence-electron chi connectivity index (χ4n) is 8.07. The van der Waals surface area contributed by atoms with Crippen molar-refractivity contribution < 1.29 is 33.8 Å². The average Bonchev–Trinajstić information content (AvgIpc) is 3.10. The molecule has 198 valence electrons. The first-order valence-corrected chi connectivity index (χ1v) is 13.4. The SMILES string of the molecule is CCC(=O)OCC(=O)[C@@]1(OC(=O)C(C)C)CC[C@H]2[C@@H]3CC(C)C4=CC(=O)C=C[C@]4(C)[C@H]3C(O)C[C@@]21C. The van der Waals surface area contributed by atoms with Crippen LogP contribution in [0.4, 0.5) is 0 Å². The number of ketones is 2. The van der Waals surface area contributed by atoms with Gasteiger partial charge in [-0.2, -0.15) is 0 Å². The molecule has 0 saturated heterocycles. The highest BCUT2D eigenvalue weighted by molar-refractivity contribution is 6.01. The minimum Gasteiger partial charge on any atom is -0.457 e. The molecule has 0 radical (unpaired) electrons. The molecule has 0 spiro atoms. The molecule has 4 aliphatic rings. The number of Topliss-reactive ketones (excluding diaryl/α,β-unsaturated/α-hetero) is 1. The van der Waals surface area contributed by atoms with Gasteiger partial charge in [-0.15, -0.1) is 0 Å². The fourth-order valence-corrected chi connectivity index (χ4v) is 8.07. The molecule has 0 aliphatic heterocycles. The summed E-state index contributed by atoms with van der Waals surface area (Å²) in [6.45, 7) is 10.9. The lowest BCUT2D eigenvalue weighted by molar-refractivity contribution is -0.204. The Hall–Kier alpha value is -2.28. The number of hydrogen-bond donors (Lipinski definition) is 1. The summed E-state index contributed by atoms with van der Waals surface area (Å²) >= 11 is 0. The maximum absolute atomic E-state index is 13.8. The van der Waals surface area contributed by atoms with Gasteiger partial charge in [-0.1, -0.05) is 53.2 Å². The van der Waals surface area contributed by atoms with Crippen LogP contribution in [-0.4, -0.2) is 46.9 Å². The standard InChI is InChI=1S/C29H40O7/c1-7-24(33)35-15-23(32)29(36-26(34)16(2)3)11-9-20-19-12-17(4)21-13-18(30)8-10-27(21,5)25(19)22(31)14-28(20,29)6/h8,10,13,16-17,19-20,22,25,31H,7,9,11-12,14-15H2,1-6H3/t17?,19-,20-,22?,25+,27-,28-,29-/m0/s1.